The quantitative estimate of drug-likeness (QED) is 0.822. The highest BCUT2D eigenvalue weighted by Gasteiger charge is 2.25. The summed E-state index contributed by atoms with van der Waals surface area (Å²) in [6, 6.07) is 8.69. The minimum Gasteiger partial charge on any atom is -0.392 e. The van der Waals surface area contributed by atoms with Crippen LogP contribution < -0.4 is 5.32 Å². The maximum Gasteiger partial charge on any atom is 0.0669 e. The van der Waals surface area contributed by atoms with Crippen LogP contribution in [0.25, 0.3) is 0 Å². The van der Waals surface area contributed by atoms with Crippen LogP contribution in [0.4, 0.5) is 0 Å². The summed E-state index contributed by atoms with van der Waals surface area (Å²) in [6.07, 6.45) is 3.26. The molecule has 0 saturated heterocycles. The molecule has 1 saturated carbocycles. The summed E-state index contributed by atoms with van der Waals surface area (Å²) in [4.78, 5) is 0. The van der Waals surface area contributed by atoms with Gasteiger partial charge in [0.15, 0.2) is 0 Å². The van der Waals surface area contributed by atoms with Gasteiger partial charge in [-0.2, -0.15) is 0 Å². The second kappa shape index (κ2) is 6.06. The van der Waals surface area contributed by atoms with Crippen LogP contribution in [0.5, 0.6) is 0 Å². The second-order valence-corrected chi connectivity index (χ2v) is 7.02. The first-order valence-corrected chi connectivity index (χ1v) is 7.42. The van der Waals surface area contributed by atoms with E-state index in [0.29, 0.717) is 6.54 Å². The Balaban J connectivity index is 1.79. The normalized spacial score (nSPS) is 17.5. The number of aliphatic hydroxyl groups is 1. The number of hydrogen-bond acceptors (Lipinski definition) is 2. The topological polar surface area (TPSA) is 32.3 Å². The van der Waals surface area contributed by atoms with E-state index in [1.807, 2.05) is 0 Å². The Morgan fingerprint density at radius 1 is 1.26 bits per heavy atom. The van der Waals surface area contributed by atoms with Crippen LogP contribution in [-0.4, -0.2) is 17.8 Å². The molecule has 2 rings (SSSR count). The van der Waals surface area contributed by atoms with Gasteiger partial charge in [0.1, 0.15) is 0 Å². The summed E-state index contributed by atoms with van der Waals surface area (Å²) in [5.41, 5.74) is 3.08. The molecule has 1 aromatic rings. The monoisotopic (exact) mass is 261 g/mol. The molecular weight excluding hydrogens is 234 g/mol. The SMILES string of the molecule is CC(C)(C)CC(O)CNCc1ccccc1C1CC1. The maximum absolute atomic E-state index is 9.99. The molecule has 2 N–H and O–H groups in total. The molecule has 1 aliphatic carbocycles. The fourth-order valence-corrected chi connectivity index (χ4v) is 2.64. The number of hydrogen-bond donors (Lipinski definition) is 2. The molecule has 0 aliphatic heterocycles. The fraction of sp³-hybridized carbons (Fsp3) is 0.647. The Kier molecular flexibility index (Phi) is 4.64. The van der Waals surface area contributed by atoms with Crippen molar-refractivity contribution < 1.29 is 5.11 Å². The first kappa shape index (κ1) is 14.5. The highest BCUT2D eigenvalue weighted by atomic mass is 16.3. The van der Waals surface area contributed by atoms with Crippen molar-refractivity contribution in [3.8, 4) is 0 Å². The standard InChI is InChI=1S/C17H27NO/c1-17(2,3)10-15(19)12-18-11-14-6-4-5-7-16(14)13-8-9-13/h4-7,13,15,18-19H,8-12H2,1-3H3. The molecule has 1 unspecified atom stereocenters. The molecule has 0 aromatic heterocycles. The smallest absolute Gasteiger partial charge is 0.0669 e. The van der Waals surface area contributed by atoms with Crippen LogP contribution in [0.1, 0.15) is 57.1 Å². The van der Waals surface area contributed by atoms with E-state index in [2.05, 4.69) is 50.4 Å². The van der Waals surface area contributed by atoms with Gasteiger partial charge in [0.05, 0.1) is 6.10 Å². The largest absolute Gasteiger partial charge is 0.392 e. The van der Waals surface area contributed by atoms with E-state index < -0.39 is 0 Å². The lowest BCUT2D eigenvalue weighted by Crippen LogP contribution is -2.30. The van der Waals surface area contributed by atoms with Gasteiger partial charge < -0.3 is 10.4 Å². The van der Waals surface area contributed by atoms with Gasteiger partial charge in [-0.15, -0.1) is 0 Å². The third kappa shape index (κ3) is 4.96. The summed E-state index contributed by atoms with van der Waals surface area (Å²) in [5, 5.41) is 13.4. The van der Waals surface area contributed by atoms with Crippen molar-refractivity contribution in [3.05, 3.63) is 35.4 Å². The van der Waals surface area contributed by atoms with E-state index in [1.54, 1.807) is 0 Å². The lowest BCUT2D eigenvalue weighted by molar-refractivity contribution is 0.119. The second-order valence-electron chi connectivity index (χ2n) is 7.02. The molecular formula is C17H27NO. The molecule has 0 amide bonds. The number of aliphatic hydroxyl groups excluding tert-OH is 1. The first-order valence-electron chi connectivity index (χ1n) is 7.42. The van der Waals surface area contributed by atoms with E-state index in [9.17, 15) is 5.11 Å². The number of nitrogens with one attached hydrogen (secondary N) is 1. The zero-order chi connectivity index (χ0) is 13.9. The van der Waals surface area contributed by atoms with Crippen molar-refractivity contribution in [2.45, 2.75) is 58.6 Å². The van der Waals surface area contributed by atoms with E-state index in [4.69, 9.17) is 0 Å². The molecule has 1 aromatic carbocycles. The van der Waals surface area contributed by atoms with Crippen LogP contribution in [0.15, 0.2) is 24.3 Å². The first-order chi connectivity index (χ1) is 8.96. The average molecular weight is 261 g/mol. The minimum absolute atomic E-state index is 0.188. The third-order valence-electron chi connectivity index (χ3n) is 3.62. The lowest BCUT2D eigenvalue weighted by atomic mass is 9.89. The molecule has 106 valence electrons. The Morgan fingerprint density at radius 2 is 1.95 bits per heavy atom. The maximum atomic E-state index is 9.99. The van der Waals surface area contributed by atoms with Gasteiger partial charge in [-0.05, 0) is 41.7 Å². The average Bonchev–Trinajstić information content (AvgIpc) is 3.11. The summed E-state index contributed by atoms with van der Waals surface area (Å²) in [6.45, 7) is 8.04. The molecule has 0 radical (unpaired) electrons. The zero-order valence-corrected chi connectivity index (χ0v) is 12.4. The molecule has 0 bridgehead atoms. The number of benzene rings is 1. The van der Waals surface area contributed by atoms with Crippen molar-refractivity contribution in [1.29, 1.82) is 0 Å². The Morgan fingerprint density at radius 3 is 2.58 bits per heavy atom. The third-order valence-corrected chi connectivity index (χ3v) is 3.62. The summed E-state index contributed by atoms with van der Waals surface area (Å²) >= 11 is 0. The van der Waals surface area contributed by atoms with Gasteiger partial charge in [0, 0.05) is 13.1 Å². The van der Waals surface area contributed by atoms with Crippen molar-refractivity contribution in [1.82, 2.24) is 5.32 Å². The molecule has 19 heavy (non-hydrogen) atoms. The Labute approximate surface area is 117 Å². The van der Waals surface area contributed by atoms with Crippen molar-refractivity contribution in [2.75, 3.05) is 6.54 Å². The predicted octanol–water partition coefficient (Wildman–Crippen LogP) is 3.45. The van der Waals surface area contributed by atoms with E-state index in [0.717, 1.165) is 18.9 Å². The summed E-state index contributed by atoms with van der Waals surface area (Å²) < 4.78 is 0. The Bertz CT molecular complexity index is 404. The van der Waals surface area contributed by atoms with Crippen LogP contribution in [0.3, 0.4) is 0 Å². The van der Waals surface area contributed by atoms with Gasteiger partial charge in [-0.25, -0.2) is 0 Å². The molecule has 2 nitrogen and oxygen atoms in total. The van der Waals surface area contributed by atoms with Gasteiger partial charge in [-0.3, -0.25) is 0 Å². The van der Waals surface area contributed by atoms with E-state index >= 15 is 0 Å². The molecule has 1 atom stereocenters. The van der Waals surface area contributed by atoms with Gasteiger partial charge in [0.2, 0.25) is 0 Å². The number of rotatable bonds is 6. The van der Waals surface area contributed by atoms with Crippen molar-refractivity contribution >= 4 is 0 Å². The minimum atomic E-state index is -0.256. The van der Waals surface area contributed by atoms with Gasteiger partial charge in [0.25, 0.3) is 0 Å². The lowest BCUT2D eigenvalue weighted by Gasteiger charge is -2.22. The molecule has 2 heteroatoms. The Hall–Kier alpha value is -0.860. The van der Waals surface area contributed by atoms with E-state index in [1.165, 1.54) is 24.0 Å². The van der Waals surface area contributed by atoms with E-state index in [-0.39, 0.29) is 11.5 Å². The molecule has 1 fully saturated rings. The highest BCUT2D eigenvalue weighted by molar-refractivity contribution is 5.33. The van der Waals surface area contributed by atoms with Crippen LogP contribution in [0, 0.1) is 5.41 Å². The highest BCUT2D eigenvalue weighted by Crippen LogP contribution is 2.41. The van der Waals surface area contributed by atoms with Crippen molar-refractivity contribution in [3.63, 3.8) is 0 Å². The van der Waals surface area contributed by atoms with Gasteiger partial charge >= 0.3 is 0 Å². The molecule has 0 spiro atoms. The summed E-state index contributed by atoms with van der Waals surface area (Å²) in [7, 11) is 0. The van der Waals surface area contributed by atoms with Crippen LogP contribution in [0.2, 0.25) is 0 Å². The van der Waals surface area contributed by atoms with Crippen LogP contribution >= 0.6 is 0 Å². The predicted molar refractivity (Wildman–Crippen MR) is 80.2 cm³/mol. The van der Waals surface area contributed by atoms with Gasteiger partial charge in [-0.1, -0.05) is 45.0 Å². The zero-order valence-electron chi connectivity index (χ0n) is 12.4. The van der Waals surface area contributed by atoms with Crippen molar-refractivity contribution in [2.24, 2.45) is 5.41 Å². The van der Waals surface area contributed by atoms with Crippen LogP contribution in [-0.2, 0) is 6.54 Å². The molecule has 0 heterocycles. The molecule has 1 aliphatic rings. The summed E-state index contributed by atoms with van der Waals surface area (Å²) in [5.74, 6) is 0.789. The fourth-order valence-electron chi connectivity index (χ4n) is 2.64.